The number of aryl methyl sites for hydroxylation is 1. The van der Waals surface area contributed by atoms with Crippen LogP contribution in [0.25, 0.3) is 10.8 Å². The van der Waals surface area contributed by atoms with E-state index in [1.807, 2.05) is 36.4 Å². The molecule has 5 N–H and O–H groups in total. The van der Waals surface area contributed by atoms with E-state index in [1.165, 1.54) is 11.0 Å². The van der Waals surface area contributed by atoms with E-state index in [0.717, 1.165) is 10.8 Å². The number of fused-ring (bicyclic) bond motifs is 1. The number of nitrogens with two attached hydrogens (primary N) is 1. The summed E-state index contributed by atoms with van der Waals surface area (Å²) in [5, 5.41) is 17.4. The second-order valence-electron chi connectivity index (χ2n) is 11.2. The molecular formula is C31H38N4O6. The van der Waals surface area contributed by atoms with Crippen molar-refractivity contribution in [1.29, 1.82) is 0 Å². The van der Waals surface area contributed by atoms with Crippen LogP contribution in [0.3, 0.4) is 0 Å². The van der Waals surface area contributed by atoms with E-state index in [2.05, 4.69) is 10.6 Å². The standard InChI is InChI=1S/C31H38N4O6/c1-18(2)35(29(39)24(17-26(32)37)34-30(40)41-31(4,5)6)27(22-12-14-25(36)19(3)15-22)28(38)33-23-13-11-20-9-7-8-10-21(20)16-23/h7-16,18,24,27,36H,17H2,1-6H3,(H2,32,37)(H,33,38)(H,34,40). The number of hydrogen-bond donors (Lipinski definition) is 4. The fourth-order valence-electron chi connectivity index (χ4n) is 4.48. The number of nitrogens with one attached hydrogen (secondary N) is 2. The maximum Gasteiger partial charge on any atom is 0.408 e. The maximum absolute atomic E-state index is 14.0. The molecule has 218 valence electrons. The Morgan fingerprint density at radius 3 is 2.22 bits per heavy atom. The lowest BCUT2D eigenvalue weighted by Crippen LogP contribution is -2.55. The van der Waals surface area contributed by atoms with Crippen molar-refractivity contribution < 1.29 is 29.0 Å². The van der Waals surface area contributed by atoms with Gasteiger partial charge in [-0.1, -0.05) is 36.4 Å². The van der Waals surface area contributed by atoms with Crippen molar-refractivity contribution in [2.24, 2.45) is 5.73 Å². The molecule has 0 aliphatic rings. The van der Waals surface area contributed by atoms with Crippen LogP contribution in [0.4, 0.5) is 10.5 Å². The average molecular weight is 563 g/mol. The SMILES string of the molecule is Cc1cc(C(C(=O)Nc2ccc3ccccc3c2)N(C(=O)C(CC(N)=O)NC(=O)OC(C)(C)C)C(C)C)ccc1O. The van der Waals surface area contributed by atoms with Crippen molar-refractivity contribution in [1.82, 2.24) is 10.2 Å². The van der Waals surface area contributed by atoms with E-state index < -0.39 is 54.0 Å². The van der Waals surface area contributed by atoms with Gasteiger partial charge < -0.3 is 31.1 Å². The van der Waals surface area contributed by atoms with Crippen molar-refractivity contribution in [3.05, 3.63) is 71.8 Å². The highest BCUT2D eigenvalue weighted by atomic mass is 16.6. The third kappa shape index (κ3) is 8.20. The minimum absolute atomic E-state index is 0.0306. The van der Waals surface area contributed by atoms with Crippen LogP contribution in [-0.4, -0.2) is 51.5 Å². The molecule has 0 saturated heterocycles. The fourth-order valence-corrected chi connectivity index (χ4v) is 4.48. The highest BCUT2D eigenvalue weighted by Gasteiger charge is 2.38. The van der Waals surface area contributed by atoms with Gasteiger partial charge in [0.15, 0.2) is 0 Å². The normalized spacial score (nSPS) is 12.9. The first-order valence-corrected chi connectivity index (χ1v) is 13.4. The van der Waals surface area contributed by atoms with Crippen LogP contribution in [0.15, 0.2) is 60.7 Å². The maximum atomic E-state index is 14.0. The zero-order valence-electron chi connectivity index (χ0n) is 24.2. The van der Waals surface area contributed by atoms with Crippen LogP contribution in [0.1, 0.15) is 58.2 Å². The molecule has 0 radical (unpaired) electrons. The lowest BCUT2D eigenvalue weighted by atomic mass is 9.98. The smallest absolute Gasteiger partial charge is 0.408 e. The van der Waals surface area contributed by atoms with Crippen LogP contribution >= 0.6 is 0 Å². The Kier molecular flexibility index (Phi) is 9.59. The highest BCUT2D eigenvalue weighted by Crippen LogP contribution is 2.30. The van der Waals surface area contributed by atoms with Gasteiger partial charge in [-0.3, -0.25) is 14.4 Å². The van der Waals surface area contributed by atoms with Crippen molar-refractivity contribution in [2.45, 2.75) is 71.7 Å². The quantitative estimate of drug-likeness (QED) is 0.301. The molecule has 3 aromatic carbocycles. The Labute approximate surface area is 239 Å². The van der Waals surface area contributed by atoms with Gasteiger partial charge in [-0.15, -0.1) is 0 Å². The predicted molar refractivity (Wildman–Crippen MR) is 157 cm³/mol. The number of carbonyl (C=O) groups excluding carboxylic acids is 4. The van der Waals surface area contributed by atoms with Crippen molar-refractivity contribution in [3.8, 4) is 5.75 Å². The number of anilines is 1. The predicted octanol–water partition coefficient (Wildman–Crippen LogP) is 4.54. The number of rotatable bonds is 9. The van der Waals surface area contributed by atoms with E-state index in [1.54, 1.807) is 59.7 Å². The van der Waals surface area contributed by atoms with Crippen molar-refractivity contribution in [2.75, 3.05) is 5.32 Å². The second kappa shape index (κ2) is 12.7. The summed E-state index contributed by atoms with van der Waals surface area (Å²) >= 11 is 0. The summed E-state index contributed by atoms with van der Waals surface area (Å²) in [6, 6.07) is 14.7. The molecule has 0 aliphatic heterocycles. The van der Waals surface area contributed by atoms with E-state index >= 15 is 0 Å². The van der Waals surface area contributed by atoms with Gasteiger partial charge >= 0.3 is 6.09 Å². The number of ether oxygens (including phenoxy) is 1. The summed E-state index contributed by atoms with van der Waals surface area (Å²) in [5.41, 5.74) is 6.03. The summed E-state index contributed by atoms with van der Waals surface area (Å²) < 4.78 is 5.30. The van der Waals surface area contributed by atoms with Crippen LogP contribution in [0, 0.1) is 6.92 Å². The lowest BCUT2D eigenvalue weighted by molar-refractivity contribution is -0.143. The van der Waals surface area contributed by atoms with E-state index in [0.29, 0.717) is 16.8 Å². The monoisotopic (exact) mass is 562 g/mol. The molecule has 0 spiro atoms. The molecule has 10 heteroatoms. The Balaban J connectivity index is 2.05. The lowest BCUT2D eigenvalue weighted by Gasteiger charge is -2.37. The minimum atomic E-state index is -1.39. The summed E-state index contributed by atoms with van der Waals surface area (Å²) in [6.45, 7) is 10.1. The molecular weight excluding hydrogens is 524 g/mol. The van der Waals surface area contributed by atoms with Gasteiger partial charge in [-0.2, -0.15) is 0 Å². The van der Waals surface area contributed by atoms with Crippen LogP contribution in [0.2, 0.25) is 0 Å². The van der Waals surface area contributed by atoms with E-state index in [-0.39, 0.29) is 5.75 Å². The molecule has 0 fully saturated rings. The van der Waals surface area contributed by atoms with Gasteiger partial charge in [0.25, 0.3) is 5.91 Å². The van der Waals surface area contributed by atoms with Gasteiger partial charge in [0.05, 0.1) is 6.42 Å². The number of aromatic hydroxyl groups is 1. The van der Waals surface area contributed by atoms with Gasteiger partial charge in [0.2, 0.25) is 11.8 Å². The number of phenols is 1. The number of hydrogen-bond acceptors (Lipinski definition) is 6. The number of alkyl carbamates (subject to hydrolysis) is 1. The Morgan fingerprint density at radius 1 is 0.976 bits per heavy atom. The summed E-state index contributed by atoms with van der Waals surface area (Å²) in [5.74, 6) is -2.01. The molecule has 0 aliphatic carbocycles. The molecule has 41 heavy (non-hydrogen) atoms. The van der Waals surface area contributed by atoms with Crippen LogP contribution in [-0.2, 0) is 19.1 Å². The zero-order valence-corrected chi connectivity index (χ0v) is 24.2. The number of primary amides is 1. The number of amides is 4. The molecule has 4 amide bonds. The molecule has 0 aromatic heterocycles. The average Bonchev–Trinajstić information content (AvgIpc) is 2.86. The molecule has 2 atom stereocenters. The number of carbonyl (C=O) groups is 4. The zero-order chi connectivity index (χ0) is 30.5. The third-order valence-corrected chi connectivity index (χ3v) is 6.29. The number of phenolic OH excluding ortho intramolecular Hbond substituents is 1. The summed E-state index contributed by atoms with van der Waals surface area (Å²) in [4.78, 5) is 53.8. The minimum Gasteiger partial charge on any atom is -0.508 e. The summed E-state index contributed by atoms with van der Waals surface area (Å²) in [7, 11) is 0. The van der Waals surface area contributed by atoms with Crippen molar-refractivity contribution in [3.63, 3.8) is 0 Å². The summed E-state index contributed by atoms with van der Waals surface area (Å²) in [6.07, 6.45) is -1.41. The Bertz CT molecular complexity index is 1450. The first-order valence-electron chi connectivity index (χ1n) is 13.4. The molecule has 0 saturated carbocycles. The molecule has 2 unspecified atom stereocenters. The van der Waals surface area contributed by atoms with Gasteiger partial charge in [-0.25, -0.2) is 4.79 Å². The second-order valence-corrected chi connectivity index (χ2v) is 11.2. The largest absolute Gasteiger partial charge is 0.508 e. The van der Waals surface area contributed by atoms with Gasteiger partial charge in [0.1, 0.15) is 23.4 Å². The molecule has 0 bridgehead atoms. The van der Waals surface area contributed by atoms with E-state index in [4.69, 9.17) is 10.5 Å². The first kappa shape index (κ1) is 30.9. The molecule has 0 heterocycles. The highest BCUT2D eigenvalue weighted by molar-refractivity contribution is 6.01. The topological polar surface area (TPSA) is 151 Å². The van der Waals surface area contributed by atoms with Gasteiger partial charge in [-0.05, 0) is 87.7 Å². The van der Waals surface area contributed by atoms with Gasteiger partial charge in [0, 0.05) is 11.7 Å². The van der Waals surface area contributed by atoms with Crippen LogP contribution < -0.4 is 16.4 Å². The number of nitrogens with zero attached hydrogens (tertiary/aromatic N) is 1. The molecule has 3 rings (SSSR count). The molecule has 10 nitrogen and oxygen atoms in total. The molecule has 3 aromatic rings. The third-order valence-electron chi connectivity index (χ3n) is 6.29. The Morgan fingerprint density at radius 2 is 1.63 bits per heavy atom. The number of benzene rings is 3. The van der Waals surface area contributed by atoms with E-state index in [9.17, 15) is 24.3 Å². The van der Waals surface area contributed by atoms with Crippen LogP contribution in [0.5, 0.6) is 5.75 Å². The van der Waals surface area contributed by atoms with Crippen molar-refractivity contribution >= 4 is 40.3 Å². The Hall–Kier alpha value is -4.60. The first-order chi connectivity index (χ1) is 19.2. The fraction of sp³-hybridized carbons (Fsp3) is 0.355.